The second-order valence-electron chi connectivity index (χ2n) is 8.33. The van der Waals surface area contributed by atoms with Crippen molar-refractivity contribution in [1.82, 2.24) is 19.7 Å². The molecule has 3 heterocycles. The Morgan fingerprint density at radius 1 is 1.21 bits per heavy atom. The van der Waals surface area contributed by atoms with Gasteiger partial charge in [0.15, 0.2) is 0 Å². The first-order valence-electron chi connectivity index (χ1n) is 10.1. The molecule has 1 amide bonds. The minimum absolute atomic E-state index is 0.111. The Bertz CT molecular complexity index is 1050. The van der Waals surface area contributed by atoms with Gasteiger partial charge < -0.3 is 4.90 Å². The van der Waals surface area contributed by atoms with E-state index in [9.17, 15) is 4.79 Å². The summed E-state index contributed by atoms with van der Waals surface area (Å²) in [6.07, 6.45) is 5.99. The van der Waals surface area contributed by atoms with Gasteiger partial charge >= 0.3 is 0 Å². The third kappa shape index (κ3) is 3.19. The van der Waals surface area contributed by atoms with Crippen molar-refractivity contribution < 1.29 is 4.79 Å². The van der Waals surface area contributed by atoms with E-state index in [2.05, 4.69) is 51.9 Å². The first-order valence-corrected chi connectivity index (χ1v) is 10.1. The highest BCUT2D eigenvalue weighted by Crippen LogP contribution is 2.30. The molecule has 0 bridgehead atoms. The van der Waals surface area contributed by atoms with Crippen LogP contribution >= 0.6 is 0 Å². The monoisotopic (exact) mass is 376 g/mol. The molecule has 1 aliphatic rings. The average molecular weight is 377 g/mol. The summed E-state index contributed by atoms with van der Waals surface area (Å²) in [6, 6.07) is 6.74. The number of carbonyl (C=O) groups excluding carboxylic acids is 1. The van der Waals surface area contributed by atoms with Crippen LogP contribution in [0.3, 0.4) is 0 Å². The topological polar surface area (TPSA) is 51.0 Å². The molecule has 28 heavy (non-hydrogen) atoms. The third-order valence-corrected chi connectivity index (χ3v) is 5.72. The zero-order chi connectivity index (χ0) is 20.0. The second-order valence-corrected chi connectivity index (χ2v) is 8.33. The number of likely N-dealkylation sites (tertiary alicyclic amines) is 1. The maximum Gasteiger partial charge on any atom is 0.254 e. The average Bonchev–Trinajstić information content (AvgIpc) is 3.29. The molecular formula is C23H28N4O. The molecule has 2 aromatic heterocycles. The van der Waals surface area contributed by atoms with Crippen LogP contribution in [-0.2, 0) is 0 Å². The van der Waals surface area contributed by atoms with Gasteiger partial charge in [-0.1, -0.05) is 11.6 Å². The molecule has 0 N–H and O–H groups in total. The van der Waals surface area contributed by atoms with Gasteiger partial charge in [-0.25, -0.2) is 4.98 Å². The van der Waals surface area contributed by atoms with E-state index in [1.165, 1.54) is 0 Å². The molecule has 1 saturated heterocycles. The van der Waals surface area contributed by atoms with Crippen LogP contribution in [-0.4, -0.2) is 38.2 Å². The highest BCUT2D eigenvalue weighted by atomic mass is 16.2. The Hall–Kier alpha value is -2.69. The molecule has 0 spiro atoms. The molecule has 146 valence electrons. The summed E-state index contributed by atoms with van der Waals surface area (Å²) in [6.45, 7) is 11.3. The molecule has 1 atom stereocenters. The van der Waals surface area contributed by atoms with E-state index in [-0.39, 0.29) is 18.0 Å². The molecule has 4 rings (SSSR count). The Balaban J connectivity index is 1.91. The Kier molecular flexibility index (Phi) is 4.69. The molecule has 1 aliphatic heterocycles. The van der Waals surface area contributed by atoms with E-state index in [0.29, 0.717) is 0 Å². The molecule has 0 aliphatic carbocycles. The van der Waals surface area contributed by atoms with Crippen LogP contribution in [0, 0.1) is 13.8 Å². The van der Waals surface area contributed by atoms with Crippen LogP contribution < -0.4 is 0 Å². The van der Waals surface area contributed by atoms with Crippen molar-refractivity contribution in [2.75, 3.05) is 6.54 Å². The first-order chi connectivity index (χ1) is 13.3. The van der Waals surface area contributed by atoms with Gasteiger partial charge in [-0.15, -0.1) is 0 Å². The molecule has 0 radical (unpaired) electrons. The Morgan fingerprint density at radius 2 is 2.00 bits per heavy atom. The van der Waals surface area contributed by atoms with Crippen molar-refractivity contribution in [2.24, 2.45) is 0 Å². The number of nitrogens with zero attached hydrogens (tertiary/aromatic N) is 4. The smallest absolute Gasteiger partial charge is 0.254 e. The van der Waals surface area contributed by atoms with Crippen molar-refractivity contribution >= 4 is 16.8 Å². The fourth-order valence-electron chi connectivity index (χ4n) is 4.15. The highest BCUT2D eigenvalue weighted by molar-refractivity contribution is 6.08. The number of benzene rings is 1. The van der Waals surface area contributed by atoms with Gasteiger partial charge in [0.05, 0.1) is 23.0 Å². The number of fused-ring (bicyclic) bond motifs is 1. The van der Waals surface area contributed by atoms with Gasteiger partial charge in [0.1, 0.15) is 0 Å². The number of aryl methyl sites for hydroxylation is 2. The van der Waals surface area contributed by atoms with Crippen molar-refractivity contribution in [3.05, 3.63) is 47.3 Å². The summed E-state index contributed by atoms with van der Waals surface area (Å²) in [5, 5.41) is 5.40. The van der Waals surface area contributed by atoms with Gasteiger partial charge in [-0.2, -0.15) is 5.10 Å². The van der Waals surface area contributed by atoms with E-state index < -0.39 is 0 Å². The normalized spacial score (nSPS) is 17.1. The van der Waals surface area contributed by atoms with Gasteiger partial charge in [-0.05, 0) is 65.2 Å². The van der Waals surface area contributed by atoms with E-state index >= 15 is 0 Å². The third-order valence-electron chi connectivity index (χ3n) is 5.72. The number of amides is 1. The standard InChI is InChI=1S/C23H28N4O/c1-14(2)27-13-18(12-24-27)21-11-20(23(28)26-8-6-7-17(26)5)19-10-15(3)9-16(4)22(19)25-21/h9-14,17H,6-8H2,1-5H3. The molecule has 3 aromatic rings. The Labute approximate surface area is 166 Å². The summed E-state index contributed by atoms with van der Waals surface area (Å²) in [5.74, 6) is 0.111. The molecular weight excluding hydrogens is 348 g/mol. The summed E-state index contributed by atoms with van der Waals surface area (Å²) < 4.78 is 1.92. The van der Waals surface area contributed by atoms with Crippen molar-refractivity contribution in [1.29, 1.82) is 0 Å². The molecule has 0 saturated carbocycles. The molecule has 5 heteroatoms. The lowest BCUT2D eigenvalue weighted by Gasteiger charge is -2.23. The van der Waals surface area contributed by atoms with E-state index in [4.69, 9.17) is 4.98 Å². The van der Waals surface area contributed by atoms with Crippen LogP contribution in [0.5, 0.6) is 0 Å². The van der Waals surface area contributed by atoms with Crippen molar-refractivity contribution in [2.45, 2.75) is 59.5 Å². The lowest BCUT2D eigenvalue weighted by Crippen LogP contribution is -2.33. The van der Waals surface area contributed by atoms with Gasteiger partial charge in [0.25, 0.3) is 5.91 Å². The second kappa shape index (κ2) is 7.04. The highest BCUT2D eigenvalue weighted by Gasteiger charge is 2.28. The van der Waals surface area contributed by atoms with Gasteiger partial charge in [-0.3, -0.25) is 9.48 Å². The quantitative estimate of drug-likeness (QED) is 0.652. The number of carbonyl (C=O) groups is 1. The van der Waals surface area contributed by atoms with Crippen molar-refractivity contribution in [3.8, 4) is 11.3 Å². The molecule has 1 unspecified atom stereocenters. The summed E-state index contributed by atoms with van der Waals surface area (Å²) >= 11 is 0. The van der Waals surface area contributed by atoms with Crippen LogP contribution in [0.4, 0.5) is 0 Å². The molecule has 1 fully saturated rings. The number of pyridine rings is 1. The minimum Gasteiger partial charge on any atom is -0.336 e. The summed E-state index contributed by atoms with van der Waals surface area (Å²) in [7, 11) is 0. The summed E-state index contributed by atoms with van der Waals surface area (Å²) in [5.41, 5.74) is 5.64. The van der Waals surface area contributed by atoms with E-state index in [1.807, 2.05) is 28.0 Å². The Morgan fingerprint density at radius 3 is 2.64 bits per heavy atom. The van der Waals surface area contributed by atoms with Crippen LogP contribution in [0.15, 0.2) is 30.6 Å². The van der Waals surface area contributed by atoms with E-state index in [0.717, 1.165) is 58.2 Å². The maximum atomic E-state index is 13.5. The number of aromatic nitrogens is 3. The lowest BCUT2D eigenvalue weighted by atomic mass is 9.99. The molecule has 1 aromatic carbocycles. The number of hydrogen-bond acceptors (Lipinski definition) is 3. The summed E-state index contributed by atoms with van der Waals surface area (Å²) in [4.78, 5) is 20.4. The van der Waals surface area contributed by atoms with E-state index in [1.54, 1.807) is 0 Å². The van der Waals surface area contributed by atoms with Gasteiger partial charge in [0, 0.05) is 35.8 Å². The number of hydrogen-bond donors (Lipinski definition) is 0. The fourth-order valence-corrected chi connectivity index (χ4v) is 4.15. The van der Waals surface area contributed by atoms with Crippen molar-refractivity contribution in [3.63, 3.8) is 0 Å². The fraction of sp³-hybridized carbons (Fsp3) is 0.435. The van der Waals surface area contributed by atoms with Gasteiger partial charge in [0.2, 0.25) is 0 Å². The first kappa shape index (κ1) is 18.7. The lowest BCUT2D eigenvalue weighted by molar-refractivity contribution is 0.0749. The van der Waals surface area contributed by atoms with Crippen LogP contribution in [0.2, 0.25) is 0 Å². The van der Waals surface area contributed by atoms with Crippen LogP contribution in [0.25, 0.3) is 22.2 Å². The molecule has 5 nitrogen and oxygen atoms in total. The predicted molar refractivity (Wildman–Crippen MR) is 113 cm³/mol. The largest absolute Gasteiger partial charge is 0.336 e. The number of rotatable bonds is 3. The predicted octanol–water partition coefficient (Wildman–Crippen LogP) is 4.92. The SMILES string of the molecule is Cc1cc(C)c2nc(-c3cnn(C(C)C)c3)cc(C(=O)N3CCCC3C)c2c1. The zero-order valence-corrected chi connectivity index (χ0v) is 17.4. The minimum atomic E-state index is 0.111. The van der Waals surface area contributed by atoms with Crippen LogP contribution in [0.1, 0.15) is 61.1 Å². The zero-order valence-electron chi connectivity index (χ0n) is 17.4. The maximum absolute atomic E-state index is 13.5.